The number of hydrogen-bond donors (Lipinski definition) is 0. The Morgan fingerprint density at radius 3 is 2.43 bits per heavy atom. The molecule has 0 unspecified atom stereocenters. The number of ether oxygens (including phenoxy) is 1. The topological polar surface area (TPSA) is 32.8 Å². The third-order valence-electron chi connectivity index (χ3n) is 5.80. The van der Waals surface area contributed by atoms with E-state index in [9.17, 15) is 9.18 Å². The van der Waals surface area contributed by atoms with Crippen molar-refractivity contribution in [2.75, 3.05) is 26.3 Å². The van der Waals surface area contributed by atoms with Crippen LogP contribution in [0.1, 0.15) is 24.0 Å². The maximum Gasteiger partial charge on any atom is 0.227 e. The smallest absolute Gasteiger partial charge is 0.227 e. The van der Waals surface area contributed by atoms with Gasteiger partial charge in [0.1, 0.15) is 5.82 Å². The molecule has 4 rings (SSSR count). The largest absolute Gasteiger partial charge is 0.381 e. The lowest BCUT2D eigenvalue weighted by atomic mass is 9.98. The second-order valence-corrected chi connectivity index (χ2v) is 7.76. The van der Waals surface area contributed by atoms with Gasteiger partial charge in [0.2, 0.25) is 5.91 Å². The van der Waals surface area contributed by atoms with Crippen LogP contribution in [0.3, 0.4) is 0 Å². The Morgan fingerprint density at radius 1 is 1.00 bits per heavy atom. The summed E-state index contributed by atoms with van der Waals surface area (Å²) in [6.45, 7) is 4.02. The fourth-order valence-corrected chi connectivity index (χ4v) is 4.17. The van der Waals surface area contributed by atoms with E-state index < -0.39 is 0 Å². The van der Waals surface area contributed by atoms with E-state index in [1.807, 2.05) is 17.0 Å². The average molecular weight is 382 g/mol. The van der Waals surface area contributed by atoms with Crippen molar-refractivity contribution in [2.45, 2.75) is 37.9 Å². The Hall–Kier alpha value is -2.24. The van der Waals surface area contributed by atoms with Gasteiger partial charge in [-0.3, -0.25) is 9.69 Å². The Labute approximate surface area is 165 Å². The molecule has 0 bridgehead atoms. The second-order valence-electron chi connectivity index (χ2n) is 7.76. The van der Waals surface area contributed by atoms with Crippen LogP contribution in [-0.2, 0) is 22.5 Å². The summed E-state index contributed by atoms with van der Waals surface area (Å²) in [5.41, 5.74) is 2.04. The first-order chi connectivity index (χ1) is 13.7. The van der Waals surface area contributed by atoms with E-state index in [1.165, 1.54) is 17.7 Å². The number of halogens is 1. The van der Waals surface area contributed by atoms with Gasteiger partial charge in [-0.1, -0.05) is 42.5 Å². The minimum absolute atomic E-state index is 0.0773. The van der Waals surface area contributed by atoms with Gasteiger partial charge in [-0.2, -0.15) is 0 Å². The lowest BCUT2D eigenvalue weighted by Crippen LogP contribution is -2.63. The Kier molecular flexibility index (Phi) is 6.03. The standard InChI is InChI=1S/C23H27FN2O2/c24-20-8-4-7-19(13-20)14-23(27)25-16-22(17-25)26(21-9-11-28-12-10-21)15-18-5-2-1-3-6-18/h1-8,13,21-22H,9-12,14-17H2. The minimum Gasteiger partial charge on any atom is -0.381 e. The molecule has 2 aromatic rings. The lowest BCUT2D eigenvalue weighted by Gasteiger charge is -2.49. The molecule has 4 nitrogen and oxygen atoms in total. The molecule has 0 aromatic heterocycles. The third kappa shape index (κ3) is 4.59. The molecule has 2 aliphatic heterocycles. The van der Waals surface area contributed by atoms with E-state index in [2.05, 4.69) is 29.2 Å². The summed E-state index contributed by atoms with van der Waals surface area (Å²) < 4.78 is 18.9. The molecule has 0 spiro atoms. The molecule has 0 N–H and O–H groups in total. The van der Waals surface area contributed by atoms with Crippen molar-refractivity contribution in [3.63, 3.8) is 0 Å². The number of nitrogens with zero attached hydrogens (tertiary/aromatic N) is 2. The highest BCUT2D eigenvalue weighted by molar-refractivity contribution is 5.79. The third-order valence-corrected chi connectivity index (χ3v) is 5.80. The van der Waals surface area contributed by atoms with Crippen LogP contribution in [0.25, 0.3) is 0 Å². The van der Waals surface area contributed by atoms with Gasteiger partial charge in [0.05, 0.1) is 6.42 Å². The molecule has 2 heterocycles. The van der Waals surface area contributed by atoms with Gasteiger partial charge in [0, 0.05) is 44.9 Å². The Bertz CT molecular complexity index is 786. The molecular weight excluding hydrogens is 355 g/mol. The molecule has 148 valence electrons. The first kappa shape index (κ1) is 19.1. The highest BCUT2D eigenvalue weighted by Crippen LogP contribution is 2.26. The fourth-order valence-electron chi connectivity index (χ4n) is 4.17. The molecule has 2 fully saturated rings. The van der Waals surface area contributed by atoms with Crippen molar-refractivity contribution in [3.05, 3.63) is 71.5 Å². The van der Waals surface area contributed by atoms with Gasteiger partial charge in [-0.15, -0.1) is 0 Å². The van der Waals surface area contributed by atoms with Crippen LogP contribution < -0.4 is 0 Å². The predicted octanol–water partition coefficient (Wildman–Crippen LogP) is 3.26. The molecule has 5 heteroatoms. The average Bonchev–Trinajstić information content (AvgIpc) is 2.67. The zero-order valence-electron chi connectivity index (χ0n) is 16.1. The van der Waals surface area contributed by atoms with Gasteiger partial charge in [-0.25, -0.2) is 4.39 Å². The van der Waals surface area contributed by atoms with Gasteiger partial charge in [0.25, 0.3) is 0 Å². The maximum atomic E-state index is 13.4. The highest BCUT2D eigenvalue weighted by Gasteiger charge is 2.38. The van der Waals surface area contributed by atoms with E-state index in [0.29, 0.717) is 12.1 Å². The van der Waals surface area contributed by atoms with Gasteiger partial charge in [-0.05, 0) is 36.1 Å². The van der Waals surface area contributed by atoms with Crippen molar-refractivity contribution in [1.82, 2.24) is 9.80 Å². The summed E-state index contributed by atoms with van der Waals surface area (Å²) >= 11 is 0. The molecule has 2 saturated heterocycles. The molecule has 28 heavy (non-hydrogen) atoms. The van der Waals surface area contributed by atoms with E-state index >= 15 is 0 Å². The molecule has 0 aliphatic carbocycles. The number of benzene rings is 2. The van der Waals surface area contributed by atoms with Crippen LogP contribution >= 0.6 is 0 Å². The minimum atomic E-state index is -0.291. The van der Waals surface area contributed by atoms with Crippen LogP contribution in [-0.4, -0.2) is 54.1 Å². The zero-order chi connectivity index (χ0) is 19.3. The predicted molar refractivity (Wildman–Crippen MR) is 106 cm³/mol. The normalized spacial score (nSPS) is 18.3. The van der Waals surface area contributed by atoms with E-state index in [-0.39, 0.29) is 18.1 Å². The summed E-state index contributed by atoms with van der Waals surface area (Å²) in [7, 11) is 0. The number of carbonyl (C=O) groups excluding carboxylic acids is 1. The Morgan fingerprint density at radius 2 is 1.71 bits per heavy atom. The highest BCUT2D eigenvalue weighted by atomic mass is 19.1. The van der Waals surface area contributed by atoms with Crippen molar-refractivity contribution in [3.8, 4) is 0 Å². The van der Waals surface area contributed by atoms with Gasteiger partial charge in [0.15, 0.2) is 0 Å². The number of likely N-dealkylation sites (tertiary alicyclic amines) is 1. The first-order valence-corrected chi connectivity index (χ1v) is 10.1. The number of amides is 1. The number of rotatable bonds is 6. The molecular formula is C23H27FN2O2. The molecule has 2 aromatic carbocycles. The second kappa shape index (κ2) is 8.84. The molecule has 0 radical (unpaired) electrons. The van der Waals surface area contributed by atoms with Crippen molar-refractivity contribution < 1.29 is 13.9 Å². The van der Waals surface area contributed by atoms with Crippen LogP contribution in [0.5, 0.6) is 0 Å². The molecule has 0 atom stereocenters. The van der Waals surface area contributed by atoms with E-state index in [4.69, 9.17) is 4.74 Å². The molecule has 0 saturated carbocycles. The zero-order valence-corrected chi connectivity index (χ0v) is 16.1. The van der Waals surface area contributed by atoms with E-state index in [1.54, 1.807) is 6.07 Å². The summed E-state index contributed by atoms with van der Waals surface area (Å²) in [6, 6.07) is 17.7. The lowest BCUT2D eigenvalue weighted by molar-refractivity contribution is -0.139. The summed E-state index contributed by atoms with van der Waals surface area (Å²) in [5, 5.41) is 0. The first-order valence-electron chi connectivity index (χ1n) is 10.1. The Balaban J connectivity index is 1.37. The van der Waals surface area contributed by atoms with Crippen LogP contribution in [0.2, 0.25) is 0 Å². The molecule has 1 amide bonds. The van der Waals surface area contributed by atoms with Crippen LogP contribution in [0.4, 0.5) is 4.39 Å². The van der Waals surface area contributed by atoms with Crippen molar-refractivity contribution >= 4 is 5.91 Å². The van der Waals surface area contributed by atoms with Crippen LogP contribution in [0, 0.1) is 5.82 Å². The summed E-state index contributed by atoms with van der Waals surface area (Å²) in [4.78, 5) is 17.0. The summed E-state index contributed by atoms with van der Waals surface area (Å²) in [5.74, 6) is -0.214. The summed E-state index contributed by atoms with van der Waals surface area (Å²) in [6.07, 6.45) is 2.35. The van der Waals surface area contributed by atoms with Crippen LogP contribution in [0.15, 0.2) is 54.6 Å². The number of hydrogen-bond acceptors (Lipinski definition) is 3. The van der Waals surface area contributed by atoms with Crippen molar-refractivity contribution in [1.29, 1.82) is 0 Å². The van der Waals surface area contributed by atoms with E-state index in [0.717, 1.165) is 51.3 Å². The number of carbonyl (C=O) groups is 1. The quantitative estimate of drug-likeness (QED) is 0.769. The SMILES string of the molecule is O=C(Cc1cccc(F)c1)N1CC(N(Cc2ccccc2)C2CCOCC2)C1. The van der Waals surface area contributed by atoms with Gasteiger partial charge < -0.3 is 9.64 Å². The monoisotopic (exact) mass is 382 g/mol. The van der Waals surface area contributed by atoms with Crippen molar-refractivity contribution in [2.24, 2.45) is 0 Å². The van der Waals surface area contributed by atoms with Gasteiger partial charge >= 0.3 is 0 Å². The molecule has 2 aliphatic rings. The fraction of sp³-hybridized carbons (Fsp3) is 0.435. The maximum absolute atomic E-state index is 13.4.